The van der Waals surface area contributed by atoms with Crippen LogP contribution in [-0.4, -0.2) is 25.0 Å². The van der Waals surface area contributed by atoms with Crippen molar-refractivity contribution in [3.05, 3.63) is 45.6 Å². The zero-order chi connectivity index (χ0) is 14.7. The van der Waals surface area contributed by atoms with E-state index in [0.29, 0.717) is 23.5 Å². The lowest BCUT2D eigenvalue weighted by Gasteiger charge is -2.17. The number of carbonyl (C=O) groups excluding carboxylic acids is 1. The summed E-state index contributed by atoms with van der Waals surface area (Å²) in [5.74, 6) is 0.533. The van der Waals surface area contributed by atoms with Gasteiger partial charge < -0.3 is 15.4 Å². The minimum atomic E-state index is -0.0489. The van der Waals surface area contributed by atoms with Gasteiger partial charge >= 0.3 is 0 Å². The summed E-state index contributed by atoms with van der Waals surface area (Å²) in [5.41, 5.74) is 8.09. The zero-order valence-electron chi connectivity index (χ0n) is 11.8. The highest BCUT2D eigenvalue weighted by atomic mass is 32.1. The lowest BCUT2D eigenvalue weighted by molar-refractivity contribution is 0.0786. The molecule has 1 heterocycles. The van der Waals surface area contributed by atoms with Crippen LogP contribution in [0.1, 0.15) is 20.8 Å². The van der Waals surface area contributed by atoms with E-state index in [-0.39, 0.29) is 5.91 Å². The van der Waals surface area contributed by atoms with E-state index in [9.17, 15) is 4.79 Å². The van der Waals surface area contributed by atoms with Gasteiger partial charge in [0.25, 0.3) is 5.91 Å². The van der Waals surface area contributed by atoms with Crippen LogP contribution < -0.4 is 10.5 Å². The number of benzene rings is 1. The Morgan fingerprint density at radius 3 is 2.70 bits per heavy atom. The number of hydrogen-bond acceptors (Lipinski definition) is 4. The third kappa shape index (κ3) is 2.93. The van der Waals surface area contributed by atoms with Crippen LogP contribution in [0.5, 0.6) is 5.75 Å². The number of ether oxygens (including phenoxy) is 1. The molecule has 2 aromatic rings. The summed E-state index contributed by atoms with van der Waals surface area (Å²) >= 11 is 1.66. The van der Waals surface area contributed by atoms with Crippen molar-refractivity contribution in [1.29, 1.82) is 0 Å². The maximum Gasteiger partial charge on any atom is 0.254 e. The van der Waals surface area contributed by atoms with Gasteiger partial charge in [-0.2, -0.15) is 0 Å². The molecule has 0 aliphatic carbocycles. The summed E-state index contributed by atoms with van der Waals surface area (Å²) in [5, 5.41) is 2.04. The van der Waals surface area contributed by atoms with Gasteiger partial charge in [0.2, 0.25) is 0 Å². The fourth-order valence-corrected chi connectivity index (χ4v) is 2.90. The Morgan fingerprint density at radius 1 is 1.40 bits per heavy atom. The van der Waals surface area contributed by atoms with Crippen molar-refractivity contribution in [2.75, 3.05) is 19.9 Å². The fraction of sp³-hybridized carbons (Fsp3) is 0.267. The Labute approximate surface area is 122 Å². The smallest absolute Gasteiger partial charge is 0.254 e. The Bertz CT molecular complexity index is 622. The molecule has 0 aliphatic heterocycles. The van der Waals surface area contributed by atoms with E-state index in [1.165, 1.54) is 10.4 Å². The molecule has 0 unspecified atom stereocenters. The minimum absolute atomic E-state index is 0.0489. The Morgan fingerprint density at radius 2 is 2.15 bits per heavy atom. The van der Waals surface area contributed by atoms with Crippen molar-refractivity contribution in [1.82, 2.24) is 4.90 Å². The highest BCUT2D eigenvalue weighted by Gasteiger charge is 2.15. The zero-order valence-corrected chi connectivity index (χ0v) is 12.7. The maximum absolute atomic E-state index is 12.4. The monoisotopic (exact) mass is 290 g/mol. The van der Waals surface area contributed by atoms with E-state index in [1.807, 2.05) is 5.38 Å². The van der Waals surface area contributed by atoms with Crippen LogP contribution in [0.2, 0.25) is 0 Å². The largest absolute Gasteiger partial charge is 0.495 e. The first kappa shape index (κ1) is 14.4. The predicted molar refractivity (Wildman–Crippen MR) is 82.3 cm³/mol. The molecule has 1 amide bonds. The molecular weight excluding hydrogens is 272 g/mol. The van der Waals surface area contributed by atoms with Crippen LogP contribution in [0, 0.1) is 6.92 Å². The Hall–Kier alpha value is -2.01. The molecular formula is C15H18N2O2S. The van der Waals surface area contributed by atoms with Crippen molar-refractivity contribution in [2.24, 2.45) is 0 Å². The quantitative estimate of drug-likeness (QED) is 0.881. The second-order valence-corrected chi connectivity index (χ2v) is 5.65. The van der Waals surface area contributed by atoms with Crippen molar-refractivity contribution in [3.63, 3.8) is 0 Å². The lowest BCUT2D eigenvalue weighted by Crippen LogP contribution is -2.26. The van der Waals surface area contributed by atoms with Gasteiger partial charge in [-0.15, -0.1) is 11.3 Å². The SMILES string of the molecule is COc1ccc(C(=O)N(C)Cc2sccc2C)cc1N. The van der Waals surface area contributed by atoms with E-state index in [4.69, 9.17) is 10.5 Å². The number of aryl methyl sites for hydroxylation is 1. The Kier molecular flexibility index (Phi) is 4.29. The molecule has 0 fully saturated rings. The average molecular weight is 290 g/mol. The van der Waals surface area contributed by atoms with Crippen LogP contribution in [0.25, 0.3) is 0 Å². The molecule has 0 atom stereocenters. The first-order valence-corrected chi connectivity index (χ1v) is 7.13. The van der Waals surface area contributed by atoms with E-state index >= 15 is 0 Å². The summed E-state index contributed by atoms with van der Waals surface area (Å²) in [4.78, 5) is 15.3. The second kappa shape index (κ2) is 5.96. The number of rotatable bonds is 4. The van der Waals surface area contributed by atoms with Gasteiger partial charge in [-0.3, -0.25) is 4.79 Å². The van der Waals surface area contributed by atoms with Crippen LogP contribution >= 0.6 is 11.3 Å². The predicted octanol–water partition coefficient (Wildman–Crippen LogP) is 2.92. The molecule has 0 bridgehead atoms. The number of nitrogens with zero attached hydrogens (tertiary/aromatic N) is 1. The number of thiophene rings is 1. The molecule has 2 N–H and O–H groups in total. The van der Waals surface area contributed by atoms with Gasteiger partial charge in [0.05, 0.1) is 19.3 Å². The van der Waals surface area contributed by atoms with Crippen LogP contribution in [0.15, 0.2) is 29.6 Å². The van der Waals surface area contributed by atoms with Crippen molar-refractivity contribution in [3.8, 4) is 5.75 Å². The normalized spacial score (nSPS) is 10.3. The molecule has 0 saturated carbocycles. The number of carbonyl (C=O) groups is 1. The molecule has 0 radical (unpaired) electrons. The number of anilines is 1. The number of amides is 1. The van der Waals surface area contributed by atoms with Gasteiger partial charge in [-0.25, -0.2) is 0 Å². The summed E-state index contributed by atoms with van der Waals surface area (Å²) in [6.45, 7) is 2.66. The molecule has 2 rings (SSSR count). The number of methoxy groups -OCH3 is 1. The van der Waals surface area contributed by atoms with Crippen LogP contribution in [0.3, 0.4) is 0 Å². The summed E-state index contributed by atoms with van der Waals surface area (Å²) in [6, 6.07) is 7.16. The topological polar surface area (TPSA) is 55.6 Å². The van der Waals surface area contributed by atoms with Gasteiger partial charge in [0.1, 0.15) is 5.75 Å². The van der Waals surface area contributed by atoms with E-state index in [0.717, 1.165) is 0 Å². The molecule has 0 saturated heterocycles. The highest BCUT2D eigenvalue weighted by molar-refractivity contribution is 7.10. The first-order chi connectivity index (χ1) is 9.52. The fourth-order valence-electron chi connectivity index (χ4n) is 1.94. The molecule has 0 spiro atoms. The van der Waals surface area contributed by atoms with Crippen molar-refractivity contribution in [2.45, 2.75) is 13.5 Å². The first-order valence-electron chi connectivity index (χ1n) is 6.25. The molecule has 20 heavy (non-hydrogen) atoms. The van der Waals surface area contributed by atoms with Gasteiger partial charge in [0.15, 0.2) is 0 Å². The lowest BCUT2D eigenvalue weighted by atomic mass is 10.1. The third-order valence-electron chi connectivity index (χ3n) is 3.17. The molecule has 0 aliphatic rings. The molecule has 106 valence electrons. The Balaban J connectivity index is 2.14. The highest BCUT2D eigenvalue weighted by Crippen LogP contribution is 2.23. The summed E-state index contributed by atoms with van der Waals surface area (Å²) in [6.07, 6.45) is 0. The van der Waals surface area contributed by atoms with Crippen LogP contribution in [0.4, 0.5) is 5.69 Å². The van der Waals surface area contributed by atoms with Gasteiger partial charge in [-0.05, 0) is 42.1 Å². The number of nitrogen functional groups attached to an aromatic ring is 1. The van der Waals surface area contributed by atoms with E-state index in [1.54, 1.807) is 48.6 Å². The maximum atomic E-state index is 12.4. The van der Waals surface area contributed by atoms with E-state index < -0.39 is 0 Å². The standard InChI is InChI=1S/C15H18N2O2S/c1-10-6-7-20-14(10)9-17(2)15(18)11-4-5-13(19-3)12(16)8-11/h4-8H,9,16H2,1-3H3. The summed E-state index contributed by atoms with van der Waals surface area (Å²) < 4.78 is 5.09. The average Bonchev–Trinajstić information content (AvgIpc) is 2.83. The number of nitrogens with two attached hydrogens (primary N) is 1. The number of hydrogen-bond donors (Lipinski definition) is 1. The van der Waals surface area contributed by atoms with Crippen molar-refractivity contribution >= 4 is 22.9 Å². The summed E-state index contributed by atoms with van der Waals surface area (Å²) in [7, 11) is 3.35. The molecule has 1 aromatic heterocycles. The minimum Gasteiger partial charge on any atom is -0.495 e. The third-order valence-corrected chi connectivity index (χ3v) is 4.18. The van der Waals surface area contributed by atoms with Crippen molar-refractivity contribution < 1.29 is 9.53 Å². The van der Waals surface area contributed by atoms with Gasteiger partial charge in [0, 0.05) is 17.5 Å². The molecule has 1 aromatic carbocycles. The molecule has 5 heteroatoms. The van der Waals surface area contributed by atoms with Crippen LogP contribution in [-0.2, 0) is 6.54 Å². The second-order valence-electron chi connectivity index (χ2n) is 4.64. The van der Waals surface area contributed by atoms with E-state index in [2.05, 4.69) is 13.0 Å². The van der Waals surface area contributed by atoms with Gasteiger partial charge in [-0.1, -0.05) is 0 Å². The molecule has 4 nitrogen and oxygen atoms in total.